The van der Waals surface area contributed by atoms with Gasteiger partial charge in [-0.2, -0.15) is 4.98 Å². The molecule has 32 heavy (non-hydrogen) atoms. The maximum Gasteiger partial charge on any atom is 0.241 e. The van der Waals surface area contributed by atoms with Gasteiger partial charge in [-0.05, 0) is 88.3 Å². The fourth-order valence-corrected chi connectivity index (χ4v) is 3.71. The molecule has 0 radical (unpaired) electrons. The Labute approximate surface area is 186 Å². The van der Waals surface area contributed by atoms with E-state index in [-0.39, 0.29) is 23.7 Å². The number of carbonyl (C=O) groups excluding carboxylic acids is 1. The van der Waals surface area contributed by atoms with Gasteiger partial charge in [0, 0.05) is 17.2 Å². The number of rotatable bonds is 7. The van der Waals surface area contributed by atoms with Crippen LogP contribution in [0.2, 0.25) is 0 Å². The molecule has 1 aliphatic heterocycles. The molecule has 1 fully saturated rings. The summed E-state index contributed by atoms with van der Waals surface area (Å²) in [5.41, 5.74) is 1.48. The summed E-state index contributed by atoms with van der Waals surface area (Å²) in [6.45, 7) is 6.02. The average molecular weight is 439 g/mol. The quantitative estimate of drug-likeness (QED) is 0.585. The number of nitrogens with zero attached hydrogens (tertiary/aromatic N) is 3. The van der Waals surface area contributed by atoms with Crippen molar-refractivity contribution in [1.82, 2.24) is 15.0 Å². The number of ether oxygens (including phenoxy) is 1. The maximum absolute atomic E-state index is 13.1. The maximum atomic E-state index is 13.1. The number of nitrogens with one attached hydrogen (secondary N) is 1. The zero-order valence-electron chi connectivity index (χ0n) is 18.3. The minimum atomic E-state index is -0.304. The van der Waals surface area contributed by atoms with Crippen molar-refractivity contribution >= 4 is 11.6 Å². The summed E-state index contributed by atoms with van der Waals surface area (Å²) >= 11 is 0. The van der Waals surface area contributed by atoms with Crippen molar-refractivity contribution in [1.29, 1.82) is 0 Å². The lowest BCUT2D eigenvalue weighted by Crippen LogP contribution is -2.37. The van der Waals surface area contributed by atoms with Crippen LogP contribution in [0.4, 0.5) is 10.1 Å². The zero-order chi connectivity index (χ0) is 22.5. The van der Waals surface area contributed by atoms with Gasteiger partial charge in [0.05, 0.1) is 12.6 Å². The lowest BCUT2D eigenvalue weighted by Gasteiger charge is -2.30. The first kappa shape index (κ1) is 22.0. The standard InChI is InChI=1S/C24H27FN4O3/c1-16(2)31-21-9-7-20(8-10-21)26-24(30)18-11-13-29(14-12-18)15-22-27-23(28-32-22)17-3-5-19(25)6-4-17/h3-10,16,18H,11-15H2,1-2H3,(H,26,30). The van der Waals surface area contributed by atoms with Crippen molar-refractivity contribution < 1.29 is 18.4 Å². The van der Waals surface area contributed by atoms with Crippen molar-refractivity contribution in [2.24, 2.45) is 5.92 Å². The third-order valence-corrected chi connectivity index (χ3v) is 5.38. The molecule has 1 amide bonds. The normalized spacial score (nSPS) is 15.1. The van der Waals surface area contributed by atoms with Gasteiger partial charge in [-0.25, -0.2) is 4.39 Å². The molecule has 7 nitrogen and oxygen atoms in total. The van der Waals surface area contributed by atoms with Crippen molar-refractivity contribution in [3.63, 3.8) is 0 Å². The highest BCUT2D eigenvalue weighted by atomic mass is 19.1. The molecule has 2 heterocycles. The Morgan fingerprint density at radius 1 is 1.16 bits per heavy atom. The monoisotopic (exact) mass is 438 g/mol. The van der Waals surface area contributed by atoms with E-state index in [0.717, 1.165) is 37.4 Å². The molecule has 168 valence electrons. The second kappa shape index (κ2) is 9.91. The van der Waals surface area contributed by atoms with E-state index < -0.39 is 0 Å². The van der Waals surface area contributed by atoms with Gasteiger partial charge in [-0.1, -0.05) is 5.16 Å². The van der Waals surface area contributed by atoms with Crippen molar-refractivity contribution in [3.05, 3.63) is 60.2 Å². The van der Waals surface area contributed by atoms with E-state index in [1.54, 1.807) is 12.1 Å². The van der Waals surface area contributed by atoms with Crippen LogP contribution < -0.4 is 10.1 Å². The molecule has 0 aliphatic carbocycles. The molecule has 1 aliphatic rings. The van der Waals surface area contributed by atoms with Crippen LogP contribution in [0.25, 0.3) is 11.4 Å². The molecule has 2 aromatic carbocycles. The summed E-state index contributed by atoms with van der Waals surface area (Å²) in [5, 5.41) is 6.99. The number of amides is 1. The van der Waals surface area contributed by atoms with Crippen molar-refractivity contribution in [2.75, 3.05) is 18.4 Å². The van der Waals surface area contributed by atoms with E-state index in [0.29, 0.717) is 23.8 Å². The van der Waals surface area contributed by atoms with Gasteiger partial charge >= 0.3 is 0 Å². The van der Waals surface area contributed by atoms with Crippen LogP contribution in [0.5, 0.6) is 5.75 Å². The number of hydrogen-bond acceptors (Lipinski definition) is 6. The lowest BCUT2D eigenvalue weighted by molar-refractivity contribution is -0.121. The third-order valence-electron chi connectivity index (χ3n) is 5.38. The summed E-state index contributed by atoms with van der Waals surface area (Å²) in [4.78, 5) is 19.3. The number of halogens is 1. The van der Waals surface area contributed by atoms with Crippen molar-refractivity contribution in [3.8, 4) is 17.1 Å². The fourth-order valence-electron chi connectivity index (χ4n) is 3.71. The minimum Gasteiger partial charge on any atom is -0.491 e. The van der Waals surface area contributed by atoms with E-state index in [1.807, 2.05) is 38.1 Å². The second-order valence-electron chi connectivity index (χ2n) is 8.25. The van der Waals surface area contributed by atoms with Crippen LogP contribution in [0.1, 0.15) is 32.6 Å². The summed E-state index contributed by atoms with van der Waals surface area (Å²) < 4.78 is 24.1. The van der Waals surface area contributed by atoms with Gasteiger partial charge < -0.3 is 14.6 Å². The minimum absolute atomic E-state index is 0.0321. The number of likely N-dealkylation sites (tertiary alicyclic amines) is 1. The Morgan fingerprint density at radius 3 is 2.50 bits per heavy atom. The highest BCUT2D eigenvalue weighted by Crippen LogP contribution is 2.23. The van der Waals surface area contributed by atoms with Crippen LogP contribution in [-0.4, -0.2) is 40.1 Å². The van der Waals surface area contributed by atoms with Gasteiger partial charge in [-0.15, -0.1) is 0 Å². The molecule has 8 heteroatoms. The number of piperidine rings is 1. The van der Waals surface area contributed by atoms with Crippen molar-refractivity contribution in [2.45, 2.75) is 39.3 Å². The first-order valence-corrected chi connectivity index (χ1v) is 10.8. The summed E-state index contributed by atoms with van der Waals surface area (Å²) in [5.74, 6) is 1.44. The molecule has 1 saturated heterocycles. The van der Waals surface area contributed by atoms with E-state index in [1.165, 1.54) is 12.1 Å². The molecule has 0 spiro atoms. The van der Waals surface area contributed by atoms with E-state index >= 15 is 0 Å². The number of benzene rings is 2. The van der Waals surface area contributed by atoms with Gasteiger partial charge in [0.25, 0.3) is 0 Å². The first-order chi connectivity index (χ1) is 15.5. The topological polar surface area (TPSA) is 80.5 Å². The van der Waals surface area contributed by atoms with E-state index in [2.05, 4.69) is 20.4 Å². The first-order valence-electron chi connectivity index (χ1n) is 10.8. The van der Waals surface area contributed by atoms with Crippen LogP contribution in [-0.2, 0) is 11.3 Å². The Bertz CT molecular complexity index is 1030. The molecule has 0 atom stereocenters. The number of carbonyl (C=O) groups is 1. The zero-order valence-corrected chi connectivity index (χ0v) is 18.3. The molecule has 0 unspecified atom stereocenters. The number of hydrogen-bond donors (Lipinski definition) is 1. The van der Waals surface area contributed by atoms with Gasteiger partial charge in [0.1, 0.15) is 11.6 Å². The largest absolute Gasteiger partial charge is 0.491 e. The second-order valence-corrected chi connectivity index (χ2v) is 8.25. The van der Waals surface area contributed by atoms with Crippen LogP contribution in [0, 0.1) is 11.7 Å². The van der Waals surface area contributed by atoms with Gasteiger partial charge in [0.15, 0.2) is 0 Å². The summed E-state index contributed by atoms with van der Waals surface area (Å²) in [7, 11) is 0. The molecule has 4 rings (SSSR count). The number of aromatic nitrogens is 2. The lowest BCUT2D eigenvalue weighted by atomic mass is 9.96. The molecule has 0 saturated carbocycles. The smallest absolute Gasteiger partial charge is 0.241 e. The molecular formula is C24H27FN4O3. The summed E-state index contributed by atoms with van der Waals surface area (Å²) in [6, 6.07) is 13.4. The molecule has 3 aromatic rings. The van der Waals surface area contributed by atoms with Crippen LogP contribution in [0.15, 0.2) is 53.1 Å². The Morgan fingerprint density at radius 2 is 1.84 bits per heavy atom. The Hall–Kier alpha value is -3.26. The Balaban J connectivity index is 1.25. The molecule has 0 bridgehead atoms. The van der Waals surface area contributed by atoms with Gasteiger partial charge in [0.2, 0.25) is 17.6 Å². The fraction of sp³-hybridized carbons (Fsp3) is 0.375. The average Bonchev–Trinajstić information content (AvgIpc) is 3.24. The SMILES string of the molecule is CC(C)Oc1ccc(NC(=O)C2CCN(Cc3nc(-c4ccc(F)cc4)no3)CC2)cc1. The molecular weight excluding hydrogens is 411 g/mol. The highest BCUT2D eigenvalue weighted by molar-refractivity contribution is 5.92. The predicted octanol–water partition coefficient (Wildman–Crippen LogP) is 4.51. The number of anilines is 1. The molecule has 1 aromatic heterocycles. The highest BCUT2D eigenvalue weighted by Gasteiger charge is 2.26. The third kappa shape index (κ3) is 5.70. The van der Waals surface area contributed by atoms with E-state index in [9.17, 15) is 9.18 Å². The van der Waals surface area contributed by atoms with Crippen LogP contribution >= 0.6 is 0 Å². The van der Waals surface area contributed by atoms with E-state index in [4.69, 9.17) is 9.26 Å². The predicted molar refractivity (Wildman–Crippen MR) is 119 cm³/mol. The van der Waals surface area contributed by atoms with Gasteiger partial charge in [-0.3, -0.25) is 9.69 Å². The summed E-state index contributed by atoms with van der Waals surface area (Å²) in [6.07, 6.45) is 1.64. The molecule has 1 N–H and O–H groups in total. The Kier molecular flexibility index (Phi) is 6.80. The van der Waals surface area contributed by atoms with Crippen LogP contribution in [0.3, 0.4) is 0 Å².